The van der Waals surface area contributed by atoms with E-state index in [1.54, 1.807) is 11.2 Å². The second-order valence-electron chi connectivity index (χ2n) is 5.41. The van der Waals surface area contributed by atoms with Gasteiger partial charge in [0.15, 0.2) is 0 Å². The van der Waals surface area contributed by atoms with E-state index in [0.717, 1.165) is 5.70 Å². The zero-order valence-electron chi connectivity index (χ0n) is 9.68. The van der Waals surface area contributed by atoms with Crippen molar-refractivity contribution in [2.45, 2.75) is 47.1 Å². The predicted molar refractivity (Wildman–Crippen MR) is 57.5 cm³/mol. The molecule has 0 atom stereocenters. The first-order chi connectivity index (χ1) is 5.55. The fourth-order valence-corrected chi connectivity index (χ4v) is 0.537. The van der Waals surface area contributed by atoms with Crippen LogP contribution >= 0.6 is 0 Å². The normalized spacial score (nSPS) is 14.5. The van der Waals surface area contributed by atoms with E-state index in [0.29, 0.717) is 0 Å². The van der Waals surface area contributed by atoms with Gasteiger partial charge in [-0.25, -0.2) is 5.84 Å². The molecule has 4 N–H and O–H groups in total. The minimum atomic E-state index is -0.0874. The molecule has 0 amide bonds. The molecule has 0 radical (unpaired) electrons. The third-order valence-electron chi connectivity index (χ3n) is 1.92. The highest BCUT2D eigenvalue weighted by Crippen LogP contribution is 2.21. The number of rotatable bonds is 1. The van der Waals surface area contributed by atoms with E-state index >= 15 is 0 Å². The van der Waals surface area contributed by atoms with Gasteiger partial charge in [-0.1, -0.05) is 20.8 Å². The van der Waals surface area contributed by atoms with Crippen molar-refractivity contribution in [3.8, 4) is 0 Å². The van der Waals surface area contributed by atoms with Crippen LogP contribution in [0.3, 0.4) is 0 Å². The Kier molecular flexibility index (Phi) is 3.39. The van der Waals surface area contributed by atoms with Gasteiger partial charge in [-0.15, -0.1) is 0 Å². The van der Waals surface area contributed by atoms with Crippen molar-refractivity contribution in [2.75, 3.05) is 0 Å². The van der Waals surface area contributed by atoms with E-state index in [2.05, 4.69) is 20.8 Å². The minimum Gasteiger partial charge on any atom is -0.400 e. The third kappa shape index (κ3) is 4.18. The molecule has 3 heteroatoms. The van der Waals surface area contributed by atoms with Crippen molar-refractivity contribution < 1.29 is 0 Å². The maximum Gasteiger partial charge on any atom is 0.0471 e. The molecule has 0 rings (SSSR count). The molecule has 13 heavy (non-hydrogen) atoms. The van der Waals surface area contributed by atoms with E-state index in [-0.39, 0.29) is 11.0 Å². The number of nitrogens with two attached hydrogens (primary N) is 2. The first-order valence-corrected chi connectivity index (χ1v) is 4.57. The molecular formula is C10H23N3. The highest BCUT2D eigenvalue weighted by molar-refractivity contribution is 5.06. The van der Waals surface area contributed by atoms with Crippen molar-refractivity contribution in [1.82, 2.24) is 5.01 Å². The van der Waals surface area contributed by atoms with Gasteiger partial charge in [0.1, 0.15) is 0 Å². The molecule has 0 saturated carbocycles. The lowest BCUT2D eigenvalue weighted by molar-refractivity contribution is 0.205. The Bertz CT molecular complexity index is 193. The molecule has 0 fully saturated rings. The summed E-state index contributed by atoms with van der Waals surface area (Å²) < 4.78 is 0. The largest absolute Gasteiger partial charge is 0.400 e. The monoisotopic (exact) mass is 185 g/mol. The number of hydrogen-bond donors (Lipinski definition) is 2. The van der Waals surface area contributed by atoms with Gasteiger partial charge in [0.05, 0.1) is 0 Å². The molecule has 0 aromatic heterocycles. The third-order valence-corrected chi connectivity index (χ3v) is 1.92. The van der Waals surface area contributed by atoms with Crippen LogP contribution in [0.2, 0.25) is 0 Å². The summed E-state index contributed by atoms with van der Waals surface area (Å²) in [6.07, 6.45) is 1.81. The topological polar surface area (TPSA) is 55.3 Å². The zero-order chi connectivity index (χ0) is 10.9. The molecule has 0 unspecified atom stereocenters. The Labute approximate surface area is 81.7 Å². The van der Waals surface area contributed by atoms with E-state index in [1.807, 2.05) is 20.8 Å². The van der Waals surface area contributed by atoms with Gasteiger partial charge in [-0.3, -0.25) is 0 Å². The van der Waals surface area contributed by atoms with Crippen LogP contribution in [-0.2, 0) is 0 Å². The second-order valence-corrected chi connectivity index (χ2v) is 5.41. The van der Waals surface area contributed by atoms with Crippen LogP contribution in [0.15, 0.2) is 11.9 Å². The Hall–Kier alpha value is -0.700. The average molecular weight is 185 g/mol. The quantitative estimate of drug-likeness (QED) is 0.484. The summed E-state index contributed by atoms with van der Waals surface area (Å²) in [7, 11) is 0. The van der Waals surface area contributed by atoms with Gasteiger partial charge in [0.25, 0.3) is 0 Å². The van der Waals surface area contributed by atoms with Crippen LogP contribution in [0.4, 0.5) is 0 Å². The Balaban J connectivity index is 4.59. The lowest BCUT2D eigenvalue weighted by Crippen LogP contribution is -2.43. The Morgan fingerprint density at radius 2 is 1.46 bits per heavy atom. The summed E-state index contributed by atoms with van der Waals surface area (Å²) in [5.74, 6) is 5.83. The van der Waals surface area contributed by atoms with Crippen LogP contribution in [0.5, 0.6) is 0 Å². The van der Waals surface area contributed by atoms with E-state index in [1.165, 1.54) is 0 Å². The van der Waals surface area contributed by atoms with Gasteiger partial charge in [-0.05, 0) is 20.8 Å². The summed E-state index contributed by atoms with van der Waals surface area (Å²) in [5.41, 5.74) is 6.57. The first kappa shape index (κ1) is 12.3. The number of hydrazine groups is 1. The van der Waals surface area contributed by atoms with Crippen LogP contribution in [0.1, 0.15) is 41.5 Å². The molecule has 0 aromatic rings. The van der Waals surface area contributed by atoms with Crippen molar-refractivity contribution in [1.29, 1.82) is 0 Å². The van der Waals surface area contributed by atoms with Crippen LogP contribution < -0.4 is 11.6 Å². The van der Waals surface area contributed by atoms with E-state index in [9.17, 15) is 0 Å². The molecule has 0 spiro atoms. The Morgan fingerprint density at radius 3 is 1.69 bits per heavy atom. The van der Waals surface area contributed by atoms with E-state index in [4.69, 9.17) is 11.6 Å². The molecule has 0 heterocycles. The van der Waals surface area contributed by atoms with Gasteiger partial charge >= 0.3 is 0 Å². The molecular weight excluding hydrogens is 162 g/mol. The van der Waals surface area contributed by atoms with Crippen molar-refractivity contribution in [3.05, 3.63) is 11.9 Å². The van der Waals surface area contributed by atoms with Crippen LogP contribution in [0.25, 0.3) is 0 Å². The molecule has 0 aliphatic carbocycles. The molecule has 78 valence electrons. The summed E-state index contributed by atoms with van der Waals surface area (Å²) in [6.45, 7) is 12.3. The second kappa shape index (κ2) is 3.58. The SMILES string of the molecule is CC(C)(C)/C(N)=C/N(N)C(C)(C)C. The standard InChI is InChI=1S/C10H23N3/c1-9(2,3)8(11)7-13(12)10(4,5)6/h7H,11-12H2,1-6H3/b8-7-. The van der Waals surface area contributed by atoms with Crippen molar-refractivity contribution in [2.24, 2.45) is 17.0 Å². The number of nitrogens with zero attached hydrogens (tertiary/aromatic N) is 1. The van der Waals surface area contributed by atoms with Gasteiger partial charge in [0.2, 0.25) is 0 Å². The molecule has 0 aliphatic heterocycles. The Morgan fingerprint density at radius 1 is 1.08 bits per heavy atom. The maximum atomic E-state index is 5.89. The summed E-state index contributed by atoms with van der Waals surface area (Å²) in [4.78, 5) is 0. The predicted octanol–water partition coefficient (Wildman–Crippen LogP) is 1.81. The lowest BCUT2D eigenvalue weighted by atomic mass is 9.93. The average Bonchev–Trinajstić information content (AvgIpc) is 1.82. The molecule has 0 aromatic carbocycles. The molecule has 0 saturated heterocycles. The van der Waals surface area contributed by atoms with E-state index < -0.39 is 0 Å². The molecule has 3 nitrogen and oxygen atoms in total. The zero-order valence-corrected chi connectivity index (χ0v) is 9.68. The minimum absolute atomic E-state index is 0.0249. The summed E-state index contributed by atoms with van der Waals surface area (Å²) >= 11 is 0. The van der Waals surface area contributed by atoms with Crippen molar-refractivity contribution in [3.63, 3.8) is 0 Å². The smallest absolute Gasteiger partial charge is 0.0471 e. The summed E-state index contributed by atoms with van der Waals surface area (Å²) in [6, 6.07) is 0. The van der Waals surface area contributed by atoms with Gasteiger partial charge in [0, 0.05) is 22.9 Å². The fourth-order valence-electron chi connectivity index (χ4n) is 0.537. The van der Waals surface area contributed by atoms with Gasteiger partial charge in [-0.2, -0.15) is 0 Å². The van der Waals surface area contributed by atoms with Crippen LogP contribution in [0, 0.1) is 5.41 Å². The summed E-state index contributed by atoms with van der Waals surface area (Å²) in [5, 5.41) is 1.65. The molecule has 0 aliphatic rings. The lowest BCUT2D eigenvalue weighted by Gasteiger charge is -2.32. The van der Waals surface area contributed by atoms with Crippen LogP contribution in [-0.4, -0.2) is 10.5 Å². The van der Waals surface area contributed by atoms with Gasteiger partial charge < -0.3 is 10.7 Å². The number of allylic oxidation sites excluding steroid dienone is 1. The fraction of sp³-hybridized carbons (Fsp3) is 0.800. The van der Waals surface area contributed by atoms with Crippen molar-refractivity contribution >= 4 is 0 Å². The molecule has 0 bridgehead atoms. The number of hydrogen-bond acceptors (Lipinski definition) is 3. The highest BCUT2D eigenvalue weighted by Gasteiger charge is 2.19. The maximum absolute atomic E-state index is 5.89. The first-order valence-electron chi connectivity index (χ1n) is 4.57. The highest BCUT2D eigenvalue weighted by atomic mass is 15.4.